The maximum atomic E-state index is 2.70. The van der Waals surface area contributed by atoms with Gasteiger partial charge in [0.05, 0.1) is 0 Å². The molecule has 1 nitrogen and oxygen atoms in total. The summed E-state index contributed by atoms with van der Waals surface area (Å²) in [5.74, 6) is 1.87. The summed E-state index contributed by atoms with van der Waals surface area (Å²) in [7, 11) is 0. The Labute approximate surface area is 152 Å². The average Bonchev–Trinajstić information content (AvgIpc) is 2.97. The van der Waals surface area contributed by atoms with E-state index in [0.717, 1.165) is 18.4 Å². The van der Waals surface area contributed by atoms with Gasteiger partial charge in [-0.05, 0) is 61.1 Å². The van der Waals surface area contributed by atoms with Gasteiger partial charge >= 0.3 is 0 Å². The summed E-state index contributed by atoms with van der Waals surface area (Å²) in [6.07, 6.45) is 8.27. The third kappa shape index (κ3) is 4.04. The van der Waals surface area contributed by atoms with Crippen LogP contribution in [0, 0.1) is 18.8 Å². The zero-order valence-corrected chi connectivity index (χ0v) is 15.3. The van der Waals surface area contributed by atoms with E-state index in [4.69, 9.17) is 0 Å². The molecule has 0 aromatic heterocycles. The van der Waals surface area contributed by atoms with Gasteiger partial charge in [-0.3, -0.25) is 4.90 Å². The summed E-state index contributed by atoms with van der Waals surface area (Å²) < 4.78 is 0. The predicted octanol–water partition coefficient (Wildman–Crippen LogP) is 5.55. The van der Waals surface area contributed by atoms with Crippen LogP contribution in [0.5, 0.6) is 0 Å². The summed E-state index contributed by atoms with van der Waals surface area (Å²) in [6.45, 7) is 5.82. The Hall–Kier alpha value is -1.86. The molecule has 0 spiro atoms. The molecule has 0 radical (unpaired) electrons. The van der Waals surface area contributed by atoms with Crippen molar-refractivity contribution < 1.29 is 0 Å². The van der Waals surface area contributed by atoms with Crippen molar-refractivity contribution in [1.82, 2.24) is 4.90 Å². The number of hydrogen-bond donors (Lipinski definition) is 0. The molecule has 1 heteroatoms. The van der Waals surface area contributed by atoms with Crippen LogP contribution in [-0.2, 0) is 0 Å². The fourth-order valence-electron chi connectivity index (χ4n) is 4.52. The Kier molecular flexibility index (Phi) is 5.03. The van der Waals surface area contributed by atoms with Crippen LogP contribution in [0.15, 0.2) is 60.7 Å². The molecule has 0 N–H and O–H groups in total. The van der Waals surface area contributed by atoms with Crippen molar-refractivity contribution >= 4 is 5.57 Å². The molecule has 0 unspecified atom stereocenters. The molecule has 2 saturated heterocycles. The third-order valence-corrected chi connectivity index (χ3v) is 6.00. The number of benzene rings is 2. The van der Waals surface area contributed by atoms with E-state index in [-0.39, 0.29) is 0 Å². The smallest absolute Gasteiger partial charge is 0.0172 e. The molecule has 0 amide bonds. The Balaban J connectivity index is 1.59. The lowest BCUT2D eigenvalue weighted by molar-refractivity contribution is 0.279. The zero-order valence-electron chi connectivity index (χ0n) is 15.3. The minimum atomic E-state index is 0.937. The van der Waals surface area contributed by atoms with Gasteiger partial charge in [0.15, 0.2) is 0 Å². The first-order chi connectivity index (χ1) is 12.3. The van der Waals surface area contributed by atoms with Crippen LogP contribution in [0.3, 0.4) is 0 Å². The standard InChI is InChI=1S/C24H29N/c1-19-7-13-23(14-8-19)24(22-5-3-2-4-6-22)15-16-25-17-20-9-10-21(18-25)12-11-20/h2-8,13-15,20-21H,9-12,16-18H2,1H3/b24-15-. The molecule has 130 valence electrons. The number of hydrogen-bond acceptors (Lipinski definition) is 1. The van der Waals surface area contributed by atoms with E-state index in [0.29, 0.717) is 0 Å². The molecule has 2 bridgehead atoms. The van der Waals surface area contributed by atoms with Crippen LogP contribution in [0.25, 0.3) is 5.57 Å². The first-order valence-electron chi connectivity index (χ1n) is 9.83. The molecule has 0 atom stereocenters. The second-order valence-corrected chi connectivity index (χ2v) is 7.96. The van der Waals surface area contributed by atoms with E-state index in [1.807, 2.05) is 0 Å². The summed E-state index contributed by atoms with van der Waals surface area (Å²) in [5.41, 5.74) is 5.34. The van der Waals surface area contributed by atoms with Crippen LogP contribution < -0.4 is 0 Å². The quantitative estimate of drug-likeness (QED) is 0.710. The molecule has 25 heavy (non-hydrogen) atoms. The van der Waals surface area contributed by atoms with E-state index in [1.54, 1.807) is 0 Å². The first kappa shape index (κ1) is 16.6. The van der Waals surface area contributed by atoms with E-state index in [2.05, 4.69) is 72.5 Å². The van der Waals surface area contributed by atoms with Gasteiger partial charge in [0.1, 0.15) is 0 Å². The van der Waals surface area contributed by atoms with Crippen molar-refractivity contribution in [3.05, 3.63) is 77.4 Å². The molecule has 2 aromatic carbocycles. The molecule has 5 rings (SSSR count). The van der Waals surface area contributed by atoms with Gasteiger partial charge < -0.3 is 0 Å². The number of aryl methyl sites for hydroxylation is 1. The van der Waals surface area contributed by atoms with Crippen LogP contribution in [-0.4, -0.2) is 24.5 Å². The van der Waals surface area contributed by atoms with Gasteiger partial charge in [0.2, 0.25) is 0 Å². The summed E-state index contributed by atoms with van der Waals surface area (Å²) >= 11 is 0. The molecule has 1 aliphatic carbocycles. The summed E-state index contributed by atoms with van der Waals surface area (Å²) in [6, 6.07) is 19.8. The molecular weight excluding hydrogens is 302 g/mol. The van der Waals surface area contributed by atoms with Gasteiger partial charge in [-0.2, -0.15) is 0 Å². The highest BCUT2D eigenvalue weighted by atomic mass is 15.1. The Morgan fingerprint density at radius 2 is 1.40 bits per heavy atom. The van der Waals surface area contributed by atoms with Gasteiger partial charge in [-0.1, -0.05) is 66.2 Å². The van der Waals surface area contributed by atoms with Crippen molar-refractivity contribution in [2.45, 2.75) is 32.6 Å². The minimum Gasteiger partial charge on any atom is -0.299 e. The SMILES string of the molecule is Cc1ccc(/C(=C\CN2CC3CCC(CC3)C2)c2ccccc2)cc1. The van der Waals surface area contributed by atoms with Gasteiger partial charge in [0, 0.05) is 19.6 Å². The second-order valence-electron chi connectivity index (χ2n) is 7.96. The zero-order chi connectivity index (χ0) is 17.1. The minimum absolute atomic E-state index is 0.937. The fourth-order valence-corrected chi connectivity index (χ4v) is 4.52. The van der Waals surface area contributed by atoms with Crippen LogP contribution in [0.4, 0.5) is 0 Å². The van der Waals surface area contributed by atoms with Crippen LogP contribution in [0.1, 0.15) is 42.4 Å². The summed E-state index contributed by atoms with van der Waals surface area (Å²) in [4.78, 5) is 2.70. The van der Waals surface area contributed by atoms with E-state index in [1.165, 1.54) is 61.0 Å². The monoisotopic (exact) mass is 331 g/mol. The van der Waals surface area contributed by atoms with E-state index >= 15 is 0 Å². The van der Waals surface area contributed by atoms with Crippen LogP contribution in [0.2, 0.25) is 0 Å². The predicted molar refractivity (Wildman–Crippen MR) is 107 cm³/mol. The number of rotatable bonds is 4. The highest BCUT2D eigenvalue weighted by molar-refractivity contribution is 5.79. The normalized spacial score (nSPS) is 24.3. The highest BCUT2D eigenvalue weighted by Crippen LogP contribution is 2.34. The van der Waals surface area contributed by atoms with Crippen molar-refractivity contribution in [3.63, 3.8) is 0 Å². The highest BCUT2D eigenvalue weighted by Gasteiger charge is 2.28. The van der Waals surface area contributed by atoms with Gasteiger partial charge in [0.25, 0.3) is 0 Å². The molecule has 3 fully saturated rings. The maximum Gasteiger partial charge on any atom is 0.0172 e. The van der Waals surface area contributed by atoms with Gasteiger partial charge in [-0.15, -0.1) is 0 Å². The molecular formula is C24H29N. The van der Waals surface area contributed by atoms with E-state index < -0.39 is 0 Å². The van der Waals surface area contributed by atoms with E-state index in [9.17, 15) is 0 Å². The molecule has 3 aliphatic rings. The lowest BCUT2D eigenvalue weighted by Crippen LogP contribution is -2.28. The Morgan fingerprint density at radius 3 is 2.00 bits per heavy atom. The third-order valence-electron chi connectivity index (χ3n) is 6.00. The van der Waals surface area contributed by atoms with Crippen molar-refractivity contribution in [3.8, 4) is 0 Å². The summed E-state index contributed by atoms with van der Waals surface area (Å²) in [5, 5.41) is 0. The molecule has 1 saturated carbocycles. The first-order valence-corrected chi connectivity index (χ1v) is 9.83. The maximum absolute atomic E-state index is 2.70. The number of fused-ring (bicyclic) bond motifs is 4. The average molecular weight is 332 g/mol. The topological polar surface area (TPSA) is 3.24 Å². The van der Waals surface area contributed by atoms with Crippen LogP contribution >= 0.6 is 0 Å². The van der Waals surface area contributed by atoms with Gasteiger partial charge in [-0.25, -0.2) is 0 Å². The second kappa shape index (κ2) is 7.58. The lowest BCUT2D eigenvalue weighted by Gasteiger charge is -2.21. The largest absolute Gasteiger partial charge is 0.299 e. The fraction of sp³-hybridized carbons (Fsp3) is 0.417. The van der Waals surface area contributed by atoms with Crippen molar-refractivity contribution in [2.24, 2.45) is 11.8 Å². The number of nitrogens with zero attached hydrogens (tertiary/aromatic N) is 1. The Morgan fingerprint density at radius 1 is 0.840 bits per heavy atom. The van der Waals surface area contributed by atoms with Crippen molar-refractivity contribution in [1.29, 1.82) is 0 Å². The molecule has 2 aliphatic heterocycles. The Bertz CT molecular complexity index is 692. The molecule has 2 heterocycles. The molecule has 2 aromatic rings. The lowest BCUT2D eigenvalue weighted by atomic mass is 9.84. The van der Waals surface area contributed by atoms with Crippen molar-refractivity contribution in [2.75, 3.05) is 19.6 Å².